The van der Waals surface area contributed by atoms with Crippen LogP contribution >= 0.6 is 0 Å². The lowest BCUT2D eigenvalue weighted by molar-refractivity contribution is -0.128. The standard InChI is InChI=1S/C15H31N3O/c1-5-15(3,4)17-14(19)12(2)18-11-7-9-13(18)8-6-10-16/h12-13H,5-11,16H2,1-4H3,(H,17,19). The van der Waals surface area contributed by atoms with Crippen LogP contribution in [0.1, 0.15) is 59.8 Å². The number of amides is 1. The summed E-state index contributed by atoms with van der Waals surface area (Å²) >= 11 is 0. The third kappa shape index (κ3) is 4.77. The first-order valence-electron chi connectivity index (χ1n) is 7.69. The van der Waals surface area contributed by atoms with Gasteiger partial charge < -0.3 is 11.1 Å². The Labute approximate surface area is 118 Å². The minimum atomic E-state index is -0.113. The number of nitrogens with one attached hydrogen (secondary N) is 1. The summed E-state index contributed by atoms with van der Waals surface area (Å²) < 4.78 is 0. The molecule has 1 amide bonds. The van der Waals surface area contributed by atoms with Crippen molar-refractivity contribution in [2.24, 2.45) is 5.73 Å². The predicted molar refractivity (Wildman–Crippen MR) is 80.0 cm³/mol. The Balaban J connectivity index is 2.55. The highest BCUT2D eigenvalue weighted by atomic mass is 16.2. The average molecular weight is 269 g/mol. The molecule has 2 unspecified atom stereocenters. The number of hydrogen-bond acceptors (Lipinski definition) is 3. The van der Waals surface area contributed by atoms with Crippen molar-refractivity contribution in [2.75, 3.05) is 13.1 Å². The predicted octanol–water partition coefficient (Wildman–Crippen LogP) is 1.88. The molecule has 4 heteroatoms. The lowest BCUT2D eigenvalue weighted by Gasteiger charge is -2.33. The van der Waals surface area contributed by atoms with Crippen molar-refractivity contribution in [3.8, 4) is 0 Å². The quantitative estimate of drug-likeness (QED) is 0.742. The monoisotopic (exact) mass is 269 g/mol. The SMILES string of the molecule is CCC(C)(C)NC(=O)C(C)N1CCCC1CCCN. The summed E-state index contributed by atoms with van der Waals surface area (Å²) in [5.41, 5.74) is 5.48. The summed E-state index contributed by atoms with van der Waals surface area (Å²) in [6.07, 6.45) is 5.52. The maximum atomic E-state index is 12.3. The molecule has 3 N–H and O–H groups in total. The minimum Gasteiger partial charge on any atom is -0.350 e. The van der Waals surface area contributed by atoms with Crippen molar-refractivity contribution in [1.29, 1.82) is 0 Å². The molecule has 0 spiro atoms. The van der Waals surface area contributed by atoms with E-state index in [2.05, 4.69) is 31.0 Å². The van der Waals surface area contributed by atoms with Crippen molar-refractivity contribution >= 4 is 5.91 Å². The fourth-order valence-corrected chi connectivity index (χ4v) is 2.71. The van der Waals surface area contributed by atoms with Crippen molar-refractivity contribution in [2.45, 2.75) is 77.4 Å². The molecule has 0 aliphatic carbocycles. The van der Waals surface area contributed by atoms with Crippen LogP contribution in [0, 0.1) is 0 Å². The molecule has 19 heavy (non-hydrogen) atoms. The highest BCUT2D eigenvalue weighted by Crippen LogP contribution is 2.24. The lowest BCUT2D eigenvalue weighted by Crippen LogP contribution is -2.53. The zero-order chi connectivity index (χ0) is 14.5. The van der Waals surface area contributed by atoms with Gasteiger partial charge in [-0.15, -0.1) is 0 Å². The van der Waals surface area contributed by atoms with Gasteiger partial charge in [-0.1, -0.05) is 6.92 Å². The molecule has 0 aromatic carbocycles. The Bertz CT molecular complexity index is 291. The molecular formula is C15H31N3O. The molecule has 1 heterocycles. The number of hydrogen-bond donors (Lipinski definition) is 2. The lowest BCUT2D eigenvalue weighted by atomic mass is 10.0. The maximum absolute atomic E-state index is 12.3. The van der Waals surface area contributed by atoms with Gasteiger partial charge in [0.2, 0.25) is 5.91 Å². The van der Waals surface area contributed by atoms with Crippen LogP contribution in [0.2, 0.25) is 0 Å². The van der Waals surface area contributed by atoms with E-state index in [0.717, 1.165) is 32.4 Å². The Morgan fingerprint density at radius 1 is 1.53 bits per heavy atom. The van der Waals surface area contributed by atoms with Crippen LogP contribution in [0.15, 0.2) is 0 Å². The van der Waals surface area contributed by atoms with Gasteiger partial charge in [0.15, 0.2) is 0 Å². The molecule has 0 saturated carbocycles. The number of carbonyl (C=O) groups is 1. The van der Waals surface area contributed by atoms with Gasteiger partial charge in [-0.3, -0.25) is 9.69 Å². The normalized spacial score (nSPS) is 22.5. The number of rotatable bonds is 7. The fourth-order valence-electron chi connectivity index (χ4n) is 2.71. The number of carbonyl (C=O) groups excluding carboxylic acids is 1. The van der Waals surface area contributed by atoms with E-state index in [9.17, 15) is 4.79 Å². The first-order valence-corrected chi connectivity index (χ1v) is 7.69. The van der Waals surface area contributed by atoms with Crippen LogP contribution in [0.5, 0.6) is 0 Å². The van der Waals surface area contributed by atoms with Gasteiger partial charge in [0.05, 0.1) is 6.04 Å². The van der Waals surface area contributed by atoms with E-state index in [1.165, 1.54) is 12.8 Å². The van der Waals surface area contributed by atoms with Crippen LogP contribution in [0.3, 0.4) is 0 Å². The van der Waals surface area contributed by atoms with E-state index in [-0.39, 0.29) is 17.5 Å². The van der Waals surface area contributed by atoms with Crippen LogP contribution in [-0.4, -0.2) is 41.5 Å². The van der Waals surface area contributed by atoms with E-state index in [4.69, 9.17) is 5.73 Å². The summed E-state index contributed by atoms with van der Waals surface area (Å²) in [6.45, 7) is 10.1. The molecule has 1 saturated heterocycles. The Morgan fingerprint density at radius 3 is 2.79 bits per heavy atom. The molecule has 0 aromatic rings. The van der Waals surface area contributed by atoms with E-state index in [0.29, 0.717) is 6.04 Å². The minimum absolute atomic E-state index is 0.0314. The molecule has 0 aromatic heterocycles. The molecule has 0 radical (unpaired) electrons. The smallest absolute Gasteiger partial charge is 0.237 e. The zero-order valence-electron chi connectivity index (χ0n) is 13.0. The molecule has 0 bridgehead atoms. The third-order valence-electron chi connectivity index (χ3n) is 4.39. The van der Waals surface area contributed by atoms with E-state index >= 15 is 0 Å². The zero-order valence-corrected chi connectivity index (χ0v) is 13.0. The highest BCUT2D eigenvalue weighted by Gasteiger charge is 2.32. The van der Waals surface area contributed by atoms with Gasteiger partial charge in [0.25, 0.3) is 0 Å². The molecule has 1 aliphatic heterocycles. The number of nitrogens with two attached hydrogens (primary N) is 1. The summed E-state index contributed by atoms with van der Waals surface area (Å²) in [7, 11) is 0. The summed E-state index contributed by atoms with van der Waals surface area (Å²) in [5, 5.41) is 3.15. The molecule has 4 nitrogen and oxygen atoms in total. The second kappa shape index (κ2) is 7.25. The van der Waals surface area contributed by atoms with Crippen molar-refractivity contribution in [3.63, 3.8) is 0 Å². The molecular weight excluding hydrogens is 238 g/mol. The number of nitrogens with zero attached hydrogens (tertiary/aromatic N) is 1. The topological polar surface area (TPSA) is 58.4 Å². The van der Waals surface area contributed by atoms with E-state index in [1.807, 2.05) is 6.92 Å². The maximum Gasteiger partial charge on any atom is 0.237 e. The Morgan fingerprint density at radius 2 is 2.21 bits per heavy atom. The van der Waals surface area contributed by atoms with Crippen LogP contribution < -0.4 is 11.1 Å². The van der Waals surface area contributed by atoms with Gasteiger partial charge in [0.1, 0.15) is 0 Å². The van der Waals surface area contributed by atoms with Crippen molar-refractivity contribution < 1.29 is 4.79 Å². The van der Waals surface area contributed by atoms with Crippen LogP contribution in [0.25, 0.3) is 0 Å². The van der Waals surface area contributed by atoms with Gasteiger partial charge in [-0.05, 0) is 66.0 Å². The Kier molecular flexibility index (Phi) is 6.27. The van der Waals surface area contributed by atoms with Gasteiger partial charge in [-0.25, -0.2) is 0 Å². The van der Waals surface area contributed by atoms with Gasteiger partial charge in [0, 0.05) is 11.6 Å². The highest BCUT2D eigenvalue weighted by molar-refractivity contribution is 5.82. The largest absolute Gasteiger partial charge is 0.350 e. The van der Waals surface area contributed by atoms with Crippen molar-refractivity contribution in [1.82, 2.24) is 10.2 Å². The summed E-state index contributed by atoms with van der Waals surface area (Å²) in [4.78, 5) is 14.7. The molecule has 2 atom stereocenters. The fraction of sp³-hybridized carbons (Fsp3) is 0.933. The molecule has 1 fully saturated rings. The summed E-state index contributed by atoms with van der Waals surface area (Å²) in [5.74, 6) is 0.159. The van der Waals surface area contributed by atoms with Gasteiger partial charge in [-0.2, -0.15) is 0 Å². The van der Waals surface area contributed by atoms with Crippen LogP contribution in [-0.2, 0) is 4.79 Å². The first kappa shape index (κ1) is 16.4. The second-order valence-electron chi connectivity index (χ2n) is 6.37. The number of likely N-dealkylation sites (tertiary alicyclic amines) is 1. The average Bonchev–Trinajstić information content (AvgIpc) is 2.83. The molecule has 112 valence electrons. The Hall–Kier alpha value is -0.610. The van der Waals surface area contributed by atoms with Crippen molar-refractivity contribution in [3.05, 3.63) is 0 Å². The molecule has 1 aliphatic rings. The third-order valence-corrected chi connectivity index (χ3v) is 4.39. The summed E-state index contributed by atoms with van der Waals surface area (Å²) in [6, 6.07) is 0.505. The van der Waals surface area contributed by atoms with Gasteiger partial charge >= 0.3 is 0 Å². The second-order valence-corrected chi connectivity index (χ2v) is 6.37. The first-order chi connectivity index (χ1) is 8.91. The molecule has 1 rings (SSSR count). The van der Waals surface area contributed by atoms with E-state index < -0.39 is 0 Å². The van der Waals surface area contributed by atoms with E-state index in [1.54, 1.807) is 0 Å². The van der Waals surface area contributed by atoms with Crippen LogP contribution in [0.4, 0.5) is 0 Å².